The number of halogens is 1. The normalized spacial score (nSPS) is 12.9. The highest BCUT2D eigenvalue weighted by Gasteiger charge is 2.14. The quantitative estimate of drug-likeness (QED) is 0.695. The van der Waals surface area contributed by atoms with E-state index in [0.29, 0.717) is 17.7 Å². The first kappa shape index (κ1) is 12.4. The molecule has 0 aliphatic heterocycles. The molecule has 0 radical (unpaired) electrons. The first-order chi connectivity index (χ1) is 7.19. The molecule has 0 aliphatic rings. The number of rotatable bonds is 5. The number of methoxy groups -OCH3 is 1. The molecule has 84 valence electrons. The number of para-hydroxylation sites is 1. The fourth-order valence-electron chi connectivity index (χ4n) is 1.62. The van der Waals surface area contributed by atoms with Gasteiger partial charge in [0.15, 0.2) is 0 Å². The van der Waals surface area contributed by atoms with Crippen LogP contribution in [0.4, 0.5) is 0 Å². The predicted octanol–water partition coefficient (Wildman–Crippen LogP) is 3.75. The van der Waals surface area contributed by atoms with Gasteiger partial charge in [-0.3, -0.25) is 0 Å². The summed E-state index contributed by atoms with van der Waals surface area (Å²) in [4.78, 5) is 0. The fourth-order valence-corrected chi connectivity index (χ4v) is 2.09. The van der Waals surface area contributed by atoms with Crippen molar-refractivity contribution in [3.05, 3.63) is 29.8 Å². The van der Waals surface area contributed by atoms with Gasteiger partial charge >= 0.3 is 0 Å². The van der Waals surface area contributed by atoms with E-state index in [2.05, 4.69) is 19.9 Å². The summed E-state index contributed by atoms with van der Waals surface area (Å²) in [6.07, 6.45) is 0.991. The molecule has 1 rings (SSSR count). The number of ether oxygens (including phenoxy) is 1. The molecule has 15 heavy (non-hydrogen) atoms. The van der Waals surface area contributed by atoms with E-state index in [1.807, 2.05) is 18.2 Å². The zero-order chi connectivity index (χ0) is 11.3. The van der Waals surface area contributed by atoms with Gasteiger partial charge in [0.05, 0.1) is 7.11 Å². The Hall–Kier alpha value is -0.690. The Bertz CT molecular complexity index is 296. The predicted molar refractivity (Wildman–Crippen MR) is 65.7 cm³/mol. The van der Waals surface area contributed by atoms with Gasteiger partial charge in [0.2, 0.25) is 0 Å². The highest BCUT2D eigenvalue weighted by atomic mass is 35.5. The lowest BCUT2D eigenvalue weighted by Crippen LogP contribution is -2.14. The van der Waals surface area contributed by atoms with Gasteiger partial charge in [0.1, 0.15) is 5.75 Å². The maximum Gasteiger partial charge on any atom is 0.122 e. The van der Waals surface area contributed by atoms with Crippen LogP contribution in [0.15, 0.2) is 24.3 Å². The first-order valence-corrected chi connectivity index (χ1v) is 5.90. The van der Waals surface area contributed by atoms with Crippen LogP contribution < -0.4 is 4.74 Å². The molecule has 0 aromatic heterocycles. The third-order valence-electron chi connectivity index (χ3n) is 2.82. The third-order valence-corrected chi connectivity index (χ3v) is 3.21. The van der Waals surface area contributed by atoms with Crippen LogP contribution in [0.3, 0.4) is 0 Å². The topological polar surface area (TPSA) is 9.23 Å². The van der Waals surface area contributed by atoms with Gasteiger partial charge in [0, 0.05) is 5.88 Å². The number of hydrogen-bond acceptors (Lipinski definition) is 1. The molecule has 0 spiro atoms. The average molecular weight is 227 g/mol. The number of alkyl halides is 1. The van der Waals surface area contributed by atoms with Crippen LogP contribution >= 0.6 is 11.6 Å². The molecule has 1 aromatic rings. The zero-order valence-electron chi connectivity index (χ0n) is 9.66. The van der Waals surface area contributed by atoms with Crippen molar-refractivity contribution in [2.24, 2.45) is 11.8 Å². The molecule has 0 amide bonds. The number of benzene rings is 1. The molecule has 0 aliphatic carbocycles. The fraction of sp³-hybridized carbons (Fsp3) is 0.538. The van der Waals surface area contributed by atoms with E-state index in [1.165, 1.54) is 5.56 Å². The van der Waals surface area contributed by atoms with Gasteiger partial charge in [-0.1, -0.05) is 32.0 Å². The standard InChI is InChI=1S/C13H19ClO/c1-10(2)12(9-14)8-11-6-4-5-7-13(11)15-3/h4-7,10,12H,8-9H2,1-3H3. The third kappa shape index (κ3) is 3.42. The van der Waals surface area contributed by atoms with Crippen molar-refractivity contribution in [3.8, 4) is 5.75 Å². The summed E-state index contributed by atoms with van der Waals surface area (Å²) >= 11 is 5.97. The lowest BCUT2D eigenvalue weighted by Gasteiger charge is -2.19. The Morgan fingerprint density at radius 2 is 1.93 bits per heavy atom. The van der Waals surface area contributed by atoms with Crippen LogP contribution in [0.25, 0.3) is 0 Å². The minimum Gasteiger partial charge on any atom is -0.496 e. The highest BCUT2D eigenvalue weighted by molar-refractivity contribution is 6.18. The van der Waals surface area contributed by atoms with Gasteiger partial charge in [-0.05, 0) is 29.9 Å². The van der Waals surface area contributed by atoms with Crippen LogP contribution in [0.1, 0.15) is 19.4 Å². The Morgan fingerprint density at radius 3 is 2.47 bits per heavy atom. The van der Waals surface area contributed by atoms with Crippen molar-refractivity contribution in [1.29, 1.82) is 0 Å². The molecule has 0 saturated carbocycles. The molecule has 0 N–H and O–H groups in total. The lowest BCUT2D eigenvalue weighted by atomic mass is 9.90. The van der Waals surface area contributed by atoms with Crippen LogP contribution in [0.5, 0.6) is 5.75 Å². The Morgan fingerprint density at radius 1 is 1.27 bits per heavy atom. The molecule has 1 aromatic carbocycles. The second-order valence-corrected chi connectivity index (χ2v) is 4.48. The molecular weight excluding hydrogens is 208 g/mol. The summed E-state index contributed by atoms with van der Waals surface area (Å²) in [6.45, 7) is 4.42. The van der Waals surface area contributed by atoms with E-state index in [9.17, 15) is 0 Å². The number of hydrogen-bond donors (Lipinski definition) is 0. The molecule has 1 nitrogen and oxygen atoms in total. The molecular formula is C13H19ClO. The summed E-state index contributed by atoms with van der Waals surface area (Å²) in [6, 6.07) is 8.15. The van der Waals surface area contributed by atoms with Gasteiger partial charge in [-0.25, -0.2) is 0 Å². The maximum atomic E-state index is 5.97. The summed E-state index contributed by atoms with van der Waals surface area (Å²) < 4.78 is 5.33. The zero-order valence-corrected chi connectivity index (χ0v) is 10.4. The minimum absolute atomic E-state index is 0.517. The smallest absolute Gasteiger partial charge is 0.122 e. The van der Waals surface area contributed by atoms with Crippen LogP contribution in [0.2, 0.25) is 0 Å². The summed E-state index contributed by atoms with van der Waals surface area (Å²) in [7, 11) is 1.71. The highest BCUT2D eigenvalue weighted by Crippen LogP contribution is 2.24. The average Bonchev–Trinajstić information content (AvgIpc) is 2.25. The van der Waals surface area contributed by atoms with Crippen molar-refractivity contribution >= 4 is 11.6 Å². The summed E-state index contributed by atoms with van der Waals surface area (Å²) in [5.74, 6) is 2.79. The Balaban J connectivity index is 2.78. The van der Waals surface area contributed by atoms with Crippen LogP contribution in [0, 0.1) is 11.8 Å². The first-order valence-electron chi connectivity index (χ1n) is 5.37. The summed E-state index contributed by atoms with van der Waals surface area (Å²) in [5.41, 5.74) is 1.25. The van der Waals surface area contributed by atoms with Gasteiger partial charge in [0.25, 0.3) is 0 Å². The van der Waals surface area contributed by atoms with Gasteiger partial charge in [-0.15, -0.1) is 11.6 Å². The van der Waals surface area contributed by atoms with Crippen molar-refractivity contribution in [2.75, 3.05) is 13.0 Å². The Kier molecular flexibility index (Phi) is 4.97. The molecule has 0 fully saturated rings. The SMILES string of the molecule is COc1ccccc1CC(CCl)C(C)C. The maximum absolute atomic E-state index is 5.97. The summed E-state index contributed by atoms with van der Waals surface area (Å²) in [5, 5.41) is 0. The van der Waals surface area contributed by atoms with E-state index in [4.69, 9.17) is 16.3 Å². The van der Waals surface area contributed by atoms with Crippen molar-refractivity contribution < 1.29 is 4.74 Å². The molecule has 1 atom stereocenters. The van der Waals surface area contributed by atoms with Crippen molar-refractivity contribution in [1.82, 2.24) is 0 Å². The van der Waals surface area contributed by atoms with E-state index >= 15 is 0 Å². The molecule has 0 heterocycles. The molecule has 0 bridgehead atoms. The van der Waals surface area contributed by atoms with Crippen LogP contribution in [-0.2, 0) is 6.42 Å². The van der Waals surface area contributed by atoms with E-state index in [0.717, 1.165) is 12.2 Å². The monoisotopic (exact) mass is 226 g/mol. The molecule has 2 heteroatoms. The molecule has 0 saturated heterocycles. The van der Waals surface area contributed by atoms with E-state index < -0.39 is 0 Å². The molecule has 1 unspecified atom stereocenters. The second-order valence-electron chi connectivity index (χ2n) is 4.17. The van der Waals surface area contributed by atoms with Gasteiger partial charge in [-0.2, -0.15) is 0 Å². The van der Waals surface area contributed by atoms with Gasteiger partial charge < -0.3 is 4.74 Å². The van der Waals surface area contributed by atoms with Crippen LogP contribution in [-0.4, -0.2) is 13.0 Å². The Labute approximate surface area is 97.4 Å². The minimum atomic E-state index is 0.517. The largest absolute Gasteiger partial charge is 0.496 e. The second kappa shape index (κ2) is 6.02. The van der Waals surface area contributed by atoms with Crippen molar-refractivity contribution in [2.45, 2.75) is 20.3 Å². The van der Waals surface area contributed by atoms with Crippen molar-refractivity contribution in [3.63, 3.8) is 0 Å². The van der Waals surface area contributed by atoms with E-state index in [-0.39, 0.29) is 0 Å². The van der Waals surface area contributed by atoms with E-state index in [1.54, 1.807) is 7.11 Å². The lowest BCUT2D eigenvalue weighted by molar-refractivity contribution is 0.388.